The Balaban J connectivity index is 2.66. The molecule has 9 heteroatoms. The molecule has 0 aromatic heterocycles. The molecule has 0 bridgehead atoms. The molecule has 0 aliphatic carbocycles. The van der Waals surface area contributed by atoms with Gasteiger partial charge in [0.1, 0.15) is 0 Å². The molecule has 3 N–H and O–H groups in total. The van der Waals surface area contributed by atoms with E-state index in [0.717, 1.165) is 11.8 Å². The largest absolute Gasteiger partial charge is 0.478 e. The Labute approximate surface area is 135 Å². The number of carbonyl (C=O) groups excluding carboxylic acids is 1. The van der Waals surface area contributed by atoms with Gasteiger partial charge in [0.25, 0.3) is 0 Å². The molecule has 1 aromatic carbocycles. The standard InChI is InChI=1S/C12H14BrNO5S2/c13-8-1-2-9(12(16)17)10(7-8)20-4-6-21(18,19)5-3-11(14)15/h1-2,7H,3-6H2,(H2,14,15)(H,16,17). The molecule has 0 radical (unpaired) electrons. The third-order valence-electron chi connectivity index (χ3n) is 2.49. The SMILES string of the molecule is NC(=O)CCS(=O)(=O)CCSc1cc(Br)ccc1C(=O)O. The molecule has 116 valence electrons. The summed E-state index contributed by atoms with van der Waals surface area (Å²) in [5.74, 6) is -1.95. The van der Waals surface area contributed by atoms with Crippen LogP contribution in [0.5, 0.6) is 0 Å². The van der Waals surface area contributed by atoms with Crippen LogP contribution in [0.2, 0.25) is 0 Å². The number of sulfone groups is 1. The molecule has 0 saturated carbocycles. The van der Waals surface area contributed by atoms with Crippen LogP contribution in [0.15, 0.2) is 27.6 Å². The number of benzene rings is 1. The maximum atomic E-state index is 11.7. The van der Waals surface area contributed by atoms with E-state index >= 15 is 0 Å². The minimum Gasteiger partial charge on any atom is -0.478 e. The number of rotatable bonds is 8. The fourth-order valence-electron chi connectivity index (χ4n) is 1.43. The fraction of sp³-hybridized carbons (Fsp3) is 0.333. The van der Waals surface area contributed by atoms with Crippen LogP contribution >= 0.6 is 27.7 Å². The number of aromatic carboxylic acids is 1. The van der Waals surface area contributed by atoms with Gasteiger partial charge in [0.2, 0.25) is 5.91 Å². The first-order valence-electron chi connectivity index (χ1n) is 5.85. The van der Waals surface area contributed by atoms with Gasteiger partial charge < -0.3 is 10.8 Å². The Hall–Kier alpha value is -1.06. The second kappa shape index (κ2) is 7.81. The van der Waals surface area contributed by atoms with Gasteiger partial charge in [-0.25, -0.2) is 13.2 Å². The summed E-state index contributed by atoms with van der Waals surface area (Å²) in [7, 11) is -3.37. The third-order valence-corrected chi connectivity index (χ3v) is 5.95. The van der Waals surface area contributed by atoms with Crippen LogP contribution in [0.25, 0.3) is 0 Å². The monoisotopic (exact) mass is 395 g/mol. The third kappa shape index (κ3) is 6.49. The first-order chi connectivity index (χ1) is 9.71. The number of carboxylic acids is 1. The number of nitrogens with two attached hydrogens (primary N) is 1. The maximum Gasteiger partial charge on any atom is 0.336 e. The summed E-state index contributed by atoms with van der Waals surface area (Å²) in [6.07, 6.45) is -0.204. The van der Waals surface area contributed by atoms with Crippen molar-refractivity contribution in [2.24, 2.45) is 5.73 Å². The Morgan fingerprint density at radius 1 is 1.29 bits per heavy atom. The quantitative estimate of drug-likeness (QED) is 0.644. The van der Waals surface area contributed by atoms with Crippen molar-refractivity contribution in [2.45, 2.75) is 11.3 Å². The second-order valence-electron chi connectivity index (χ2n) is 4.16. The summed E-state index contributed by atoms with van der Waals surface area (Å²) in [5.41, 5.74) is 5.03. The highest BCUT2D eigenvalue weighted by molar-refractivity contribution is 9.10. The number of carbonyl (C=O) groups is 2. The van der Waals surface area contributed by atoms with E-state index in [2.05, 4.69) is 15.9 Å². The van der Waals surface area contributed by atoms with Gasteiger partial charge in [-0.05, 0) is 18.2 Å². The summed E-state index contributed by atoms with van der Waals surface area (Å²) in [5, 5.41) is 9.06. The number of primary amides is 1. The van der Waals surface area contributed by atoms with Crippen molar-refractivity contribution < 1.29 is 23.1 Å². The van der Waals surface area contributed by atoms with Gasteiger partial charge >= 0.3 is 5.97 Å². The molecular formula is C12H14BrNO5S2. The topological polar surface area (TPSA) is 115 Å². The number of carboxylic acid groups (broad SMARTS) is 1. The van der Waals surface area contributed by atoms with Crippen LogP contribution in [0.4, 0.5) is 0 Å². The number of halogens is 1. The minimum atomic E-state index is -3.37. The van der Waals surface area contributed by atoms with Crippen LogP contribution in [0, 0.1) is 0 Å². The zero-order valence-electron chi connectivity index (χ0n) is 10.9. The first-order valence-corrected chi connectivity index (χ1v) is 9.45. The highest BCUT2D eigenvalue weighted by Gasteiger charge is 2.15. The van der Waals surface area contributed by atoms with Crippen LogP contribution in [0.3, 0.4) is 0 Å². The Bertz CT molecular complexity index is 645. The zero-order chi connectivity index (χ0) is 16.0. The number of thioether (sulfide) groups is 1. The molecule has 0 spiro atoms. The molecule has 1 aromatic rings. The zero-order valence-corrected chi connectivity index (χ0v) is 14.1. The van der Waals surface area contributed by atoms with Gasteiger partial charge in [-0.2, -0.15) is 0 Å². The number of hydrogen-bond donors (Lipinski definition) is 2. The van der Waals surface area contributed by atoms with E-state index in [1.54, 1.807) is 12.1 Å². The van der Waals surface area contributed by atoms with Crippen molar-refractivity contribution in [3.8, 4) is 0 Å². The van der Waals surface area contributed by atoms with Crippen molar-refractivity contribution in [1.29, 1.82) is 0 Å². The number of amides is 1. The minimum absolute atomic E-state index is 0.123. The molecule has 1 rings (SSSR count). The number of hydrogen-bond acceptors (Lipinski definition) is 5. The van der Waals surface area contributed by atoms with Gasteiger partial charge in [-0.1, -0.05) is 15.9 Å². The molecule has 0 aliphatic heterocycles. The highest BCUT2D eigenvalue weighted by atomic mass is 79.9. The van der Waals surface area contributed by atoms with E-state index in [4.69, 9.17) is 10.8 Å². The Kier molecular flexibility index (Phi) is 6.69. The molecule has 0 fully saturated rings. The summed E-state index contributed by atoms with van der Waals surface area (Å²) in [6.45, 7) is 0. The van der Waals surface area contributed by atoms with Crippen LogP contribution in [0.1, 0.15) is 16.8 Å². The van der Waals surface area contributed by atoms with E-state index in [0.29, 0.717) is 9.37 Å². The summed E-state index contributed by atoms with van der Waals surface area (Å²) >= 11 is 4.39. The molecule has 0 atom stereocenters. The van der Waals surface area contributed by atoms with Gasteiger partial charge in [-0.3, -0.25) is 4.79 Å². The van der Waals surface area contributed by atoms with Crippen molar-refractivity contribution in [3.63, 3.8) is 0 Å². The molecule has 0 heterocycles. The predicted molar refractivity (Wildman–Crippen MR) is 84.3 cm³/mol. The van der Waals surface area contributed by atoms with E-state index in [9.17, 15) is 18.0 Å². The van der Waals surface area contributed by atoms with Gasteiger partial charge in [0.15, 0.2) is 9.84 Å². The lowest BCUT2D eigenvalue weighted by Gasteiger charge is -2.07. The molecular weight excluding hydrogens is 382 g/mol. The van der Waals surface area contributed by atoms with Gasteiger partial charge in [0.05, 0.1) is 17.1 Å². The lowest BCUT2D eigenvalue weighted by molar-refractivity contribution is -0.117. The van der Waals surface area contributed by atoms with E-state index in [1.807, 2.05) is 0 Å². The average molecular weight is 396 g/mol. The Morgan fingerprint density at radius 3 is 2.52 bits per heavy atom. The lowest BCUT2D eigenvalue weighted by atomic mass is 10.2. The molecule has 0 saturated heterocycles. The fourth-order valence-corrected chi connectivity index (χ4v) is 4.75. The predicted octanol–water partition coefficient (Wildman–Crippen LogP) is 1.53. The Morgan fingerprint density at radius 2 is 1.95 bits per heavy atom. The molecule has 0 aliphatic rings. The van der Waals surface area contributed by atoms with Crippen LogP contribution < -0.4 is 5.73 Å². The first kappa shape index (κ1) is 18.0. The lowest BCUT2D eigenvalue weighted by Crippen LogP contribution is -2.19. The van der Waals surface area contributed by atoms with Crippen LogP contribution in [-0.2, 0) is 14.6 Å². The van der Waals surface area contributed by atoms with Gasteiger partial charge in [0, 0.05) is 21.5 Å². The highest BCUT2D eigenvalue weighted by Crippen LogP contribution is 2.26. The second-order valence-corrected chi connectivity index (χ2v) is 8.52. The molecule has 21 heavy (non-hydrogen) atoms. The summed E-state index contributed by atoms with van der Waals surface area (Å²) in [4.78, 5) is 22.1. The smallest absolute Gasteiger partial charge is 0.336 e. The molecule has 0 unspecified atom stereocenters. The summed E-state index contributed by atoms with van der Waals surface area (Å²) in [6, 6.07) is 4.69. The van der Waals surface area contributed by atoms with Gasteiger partial charge in [-0.15, -0.1) is 11.8 Å². The normalized spacial score (nSPS) is 11.3. The molecule has 6 nitrogen and oxygen atoms in total. The van der Waals surface area contributed by atoms with E-state index in [-0.39, 0.29) is 29.2 Å². The maximum absolute atomic E-state index is 11.7. The van der Waals surface area contributed by atoms with Crippen molar-refractivity contribution in [1.82, 2.24) is 0 Å². The average Bonchev–Trinajstić information content (AvgIpc) is 2.36. The van der Waals surface area contributed by atoms with E-state index in [1.165, 1.54) is 6.07 Å². The van der Waals surface area contributed by atoms with Crippen LogP contribution in [-0.4, -0.2) is 42.7 Å². The van der Waals surface area contributed by atoms with Crippen molar-refractivity contribution >= 4 is 49.4 Å². The molecule has 1 amide bonds. The summed E-state index contributed by atoms with van der Waals surface area (Å²) < 4.78 is 24.0. The van der Waals surface area contributed by atoms with E-state index < -0.39 is 21.7 Å². The van der Waals surface area contributed by atoms with Crippen molar-refractivity contribution in [2.75, 3.05) is 17.3 Å². The van der Waals surface area contributed by atoms with Crippen molar-refractivity contribution in [3.05, 3.63) is 28.2 Å².